The van der Waals surface area contributed by atoms with Crippen molar-refractivity contribution in [2.24, 2.45) is 0 Å². The van der Waals surface area contributed by atoms with Crippen molar-refractivity contribution >= 4 is 11.7 Å². The molecular weight excluding hydrogens is 271 g/mol. The highest BCUT2D eigenvalue weighted by Crippen LogP contribution is 2.04. The maximum Gasteiger partial charge on any atom is 0.271 e. The van der Waals surface area contributed by atoms with Gasteiger partial charge >= 0.3 is 0 Å². The van der Waals surface area contributed by atoms with E-state index in [1.807, 2.05) is 0 Å². The zero-order valence-corrected chi connectivity index (χ0v) is 11.3. The van der Waals surface area contributed by atoms with E-state index in [0.29, 0.717) is 18.9 Å². The van der Waals surface area contributed by atoms with Crippen molar-refractivity contribution in [2.45, 2.75) is 6.54 Å². The fourth-order valence-corrected chi connectivity index (χ4v) is 1.59. The summed E-state index contributed by atoms with van der Waals surface area (Å²) in [5.41, 5.74) is 1.03. The Hall–Kier alpha value is -2.76. The SMILES string of the molecule is C=CCNc1cnc(C(=O)NCc2ccc(F)cc2)cn1. The first-order valence-electron chi connectivity index (χ1n) is 6.38. The van der Waals surface area contributed by atoms with Gasteiger partial charge in [0.2, 0.25) is 0 Å². The van der Waals surface area contributed by atoms with Crippen molar-refractivity contribution in [2.75, 3.05) is 11.9 Å². The Morgan fingerprint density at radius 3 is 2.62 bits per heavy atom. The molecule has 0 aliphatic rings. The Morgan fingerprint density at radius 1 is 1.24 bits per heavy atom. The lowest BCUT2D eigenvalue weighted by Gasteiger charge is -2.06. The number of hydrogen-bond acceptors (Lipinski definition) is 4. The van der Waals surface area contributed by atoms with Crippen LogP contribution in [0.15, 0.2) is 49.3 Å². The molecule has 1 heterocycles. The molecule has 1 aromatic heterocycles. The fourth-order valence-electron chi connectivity index (χ4n) is 1.59. The minimum absolute atomic E-state index is 0.223. The summed E-state index contributed by atoms with van der Waals surface area (Å²) in [4.78, 5) is 20.0. The number of carbonyl (C=O) groups excluding carboxylic acids is 1. The van der Waals surface area contributed by atoms with Gasteiger partial charge in [-0.2, -0.15) is 0 Å². The molecule has 1 aromatic carbocycles. The number of amides is 1. The number of nitrogens with one attached hydrogen (secondary N) is 2. The molecule has 0 unspecified atom stereocenters. The predicted octanol–water partition coefficient (Wildman–Crippen LogP) is 2.14. The highest BCUT2D eigenvalue weighted by molar-refractivity contribution is 5.91. The van der Waals surface area contributed by atoms with Crippen LogP contribution in [0.1, 0.15) is 16.1 Å². The van der Waals surface area contributed by atoms with E-state index in [2.05, 4.69) is 27.2 Å². The smallest absolute Gasteiger partial charge is 0.271 e. The average Bonchev–Trinajstić information content (AvgIpc) is 2.52. The third kappa shape index (κ3) is 4.38. The van der Waals surface area contributed by atoms with Crippen LogP contribution in [0, 0.1) is 5.82 Å². The summed E-state index contributed by atoms with van der Waals surface area (Å²) >= 11 is 0. The van der Waals surface area contributed by atoms with Gasteiger partial charge in [-0.25, -0.2) is 14.4 Å². The fraction of sp³-hybridized carbons (Fsp3) is 0.133. The monoisotopic (exact) mass is 286 g/mol. The van der Waals surface area contributed by atoms with Crippen molar-refractivity contribution in [3.8, 4) is 0 Å². The zero-order valence-electron chi connectivity index (χ0n) is 11.3. The van der Waals surface area contributed by atoms with Crippen molar-refractivity contribution in [1.29, 1.82) is 0 Å². The van der Waals surface area contributed by atoms with Gasteiger partial charge in [0.15, 0.2) is 0 Å². The van der Waals surface area contributed by atoms with Crippen molar-refractivity contribution < 1.29 is 9.18 Å². The van der Waals surface area contributed by atoms with Gasteiger partial charge < -0.3 is 10.6 Å². The molecule has 0 radical (unpaired) electrons. The summed E-state index contributed by atoms with van der Waals surface area (Å²) in [7, 11) is 0. The van der Waals surface area contributed by atoms with E-state index in [1.54, 1.807) is 18.2 Å². The molecule has 2 N–H and O–H groups in total. The lowest BCUT2D eigenvalue weighted by atomic mass is 10.2. The number of aromatic nitrogens is 2. The summed E-state index contributed by atoms with van der Waals surface area (Å²) in [5.74, 6) is -0.0642. The number of benzene rings is 1. The second kappa shape index (κ2) is 7.14. The van der Waals surface area contributed by atoms with Crippen LogP contribution in [0.3, 0.4) is 0 Å². The largest absolute Gasteiger partial charge is 0.365 e. The summed E-state index contributed by atoms with van der Waals surface area (Å²) < 4.78 is 12.8. The van der Waals surface area contributed by atoms with E-state index in [1.165, 1.54) is 24.5 Å². The maximum atomic E-state index is 12.8. The van der Waals surface area contributed by atoms with E-state index in [0.717, 1.165) is 5.56 Å². The molecule has 5 nitrogen and oxygen atoms in total. The first-order chi connectivity index (χ1) is 10.2. The van der Waals surface area contributed by atoms with Gasteiger partial charge in [-0.3, -0.25) is 4.79 Å². The Balaban J connectivity index is 1.90. The van der Waals surface area contributed by atoms with Crippen molar-refractivity contribution in [3.63, 3.8) is 0 Å². The Bertz CT molecular complexity index is 611. The summed E-state index contributed by atoms with van der Waals surface area (Å²) in [6, 6.07) is 5.93. The second-order valence-corrected chi connectivity index (χ2v) is 4.27. The molecule has 108 valence electrons. The zero-order chi connectivity index (χ0) is 15.1. The average molecular weight is 286 g/mol. The number of anilines is 1. The Kier molecular flexibility index (Phi) is 4.98. The van der Waals surface area contributed by atoms with Crippen LogP contribution in [-0.4, -0.2) is 22.4 Å². The van der Waals surface area contributed by atoms with Crippen LogP contribution in [-0.2, 0) is 6.54 Å². The van der Waals surface area contributed by atoms with E-state index < -0.39 is 0 Å². The Morgan fingerprint density at radius 2 is 2.00 bits per heavy atom. The number of carbonyl (C=O) groups is 1. The topological polar surface area (TPSA) is 66.9 Å². The molecule has 0 aliphatic carbocycles. The van der Waals surface area contributed by atoms with Crippen molar-refractivity contribution in [3.05, 3.63) is 66.4 Å². The minimum atomic E-state index is -0.331. The molecular formula is C15H15FN4O. The van der Waals surface area contributed by atoms with Crippen molar-refractivity contribution in [1.82, 2.24) is 15.3 Å². The first kappa shape index (κ1) is 14.6. The number of hydrogen-bond donors (Lipinski definition) is 2. The lowest BCUT2D eigenvalue weighted by Crippen LogP contribution is -2.24. The first-order valence-corrected chi connectivity index (χ1v) is 6.38. The number of halogens is 1. The molecule has 0 fully saturated rings. The van der Waals surface area contributed by atoms with Crippen LogP contribution >= 0.6 is 0 Å². The molecule has 0 aliphatic heterocycles. The van der Waals surface area contributed by atoms with E-state index in [9.17, 15) is 9.18 Å². The van der Waals surface area contributed by atoms with Gasteiger partial charge in [0, 0.05) is 13.1 Å². The van der Waals surface area contributed by atoms with Crippen LogP contribution in [0.5, 0.6) is 0 Å². The summed E-state index contributed by atoms with van der Waals surface area (Å²) in [6.45, 7) is 4.46. The minimum Gasteiger partial charge on any atom is -0.365 e. The molecule has 0 atom stereocenters. The molecule has 0 bridgehead atoms. The van der Waals surface area contributed by atoms with Gasteiger partial charge in [0.05, 0.1) is 12.4 Å². The van der Waals surface area contributed by atoms with Gasteiger partial charge in [-0.15, -0.1) is 6.58 Å². The normalized spacial score (nSPS) is 9.95. The maximum absolute atomic E-state index is 12.8. The quantitative estimate of drug-likeness (QED) is 0.798. The molecule has 2 rings (SSSR count). The molecule has 0 saturated carbocycles. The highest BCUT2D eigenvalue weighted by atomic mass is 19.1. The third-order valence-corrected chi connectivity index (χ3v) is 2.68. The number of rotatable bonds is 6. The van der Waals surface area contributed by atoms with Gasteiger partial charge in [-0.1, -0.05) is 18.2 Å². The van der Waals surface area contributed by atoms with E-state index in [-0.39, 0.29) is 17.4 Å². The molecule has 0 saturated heterocycles. The predicted molar refractivity (Wildman–Crippen MR) is 78.3 cm³/mol. The number of nitrogens with zero attached hydrogens (tertiary/aromatic N) is 2. The van der Waals surface area contributed by atoms with Crippen LogP contribution in [0.25, 0.3) is 0 Å². The second-order valence-electron chi connectivity index (χ2n) is 4.27. The van der Waals surface area contributed by atoms with E-state index >= 15 is 0 Å². The highest BCUT2D eigenvalue weighted by Gasteiger charge is 2.07. The van der Waals surface area contributed by atoms with Gasteiger partial charge in [0.25, 0.3) is 5.91 Å². The Labute approximate surface area is 121 Å². The van der Waals surface area contributed by atoms with Gasteiger partial charge in [-0.05, 0) is 17.7 Å². The summed E-state index contributed by atoms with van der Waals surface area (Å²) in [5, 5.41) is 5.66. The summed E-state index contributed by atoms with van der Waals surface area (Å²) in [6.07, 6.45) is 4.58. The molecule has 21 heavy (non-hydrogen) atoms. The third-order valence-electron chi connectivity index (χ3n) is 2.68. The molecule has 0 spiro atoms. The van der Waals surface area contributed by atoms with Crippen LogP contribution in [0.4, 0.5) is 10.2 Å². The van der Waals surface area contributed by atoms with Crippen LogP contribution in [0.2, 0.25) is 0 Å². The molecule has 1 amide bonds. The van der Waals surface area contributed by atoms with Crippen LogP contribution < -0.4 is 10.6 Å². The molecule has 2 aromatic rings. The van der Waals surface area contributed by atoms with E-state index in [4.69, 9.17) is 0 Å². The lowest BCUT2D eigenvalue weighted by molar-refractivity contribution is 0.0945. The standard InChI is InChI=1S/C15H15FN4O/c1-2-7-17-14-10-18-13(9-19-14)15(21)20-8-11-3-5-12(16)6-4-11/h2-6,9-10H,1,7-8H2,(H,17,19)(H,20,21). The van der Waals surface area contributed by atoms with Gasteiger partial charge in [0.1, 0.15) is 17.3 Å². The molecule has 6 heteroatoms.